The summed E-state index contributed by atoms with van der Waals surface area (Å²) in [4.78, 5) is 12.5. The van der Waals surface area contributed by atoms with Crippen molar-refractivity contribution in [2.75, 3.05) is 0 Å². The van der Waals surface area contributed by atoms with Gasteiger partial charge in [0.25, 0.3) is 5.91 Å². The van der Waals surface area contributed by atoms with Crippen LogP contribution in [0.25, 0.3) is 11.3 Å². The molecule has 0 saturated heterocycles. The van der Waals surface area contributed by atoms with Crippen LogP contribution < -0.4 is 5.48 Å². The minimum Gasteiger partial charge on any atom is -0.289 e. The Morgan fingerprint density at radius 2 is 1.82 bits per heavy atom. The van der Waals surface area contributed by atoms with Crippen LogP contribution >= 0.6 is 0 Å². The first-order chi connectivity index (χ1) is 13.8. The average Bonchev–Trinajstić information content (AvgIpc) is 3.49. The van der Waals surface area contributed by atoms with E-state index < -0.39 is 11.9 Å². The van der Waals surface area contributed by atoms with Gasteiger partial charge in [0.15, 0.2) is 0 Å². The average molecular weight is 372 g/mol. The number of nitrogens with zero attached hydrogens (tertiary/aromatic N) is 3. The molecule has 6 heteroatoms. The summed E-state index contributed by atoms with van der Waals surface area (Å²) in [5.41, 5.74) is 4.82. The van der Waals surface area contributed by atoms with Crippen molar-refractivity contribution in [3.63, 3.8) is 0 Å². The lowest BCUT2D eigenvalue weighted by Gasteiger charge is -2.16. The SMILES string of the molecule is O=C(NO)[C@@H](Cc1ccccc1)n1nnc(-c2ccccc2)c1C#CC1CC1. The van der Waals surface area contributed by atoms with Crippen molar-refractivity contribution in [1.82, 2.24) is 20.5 Å². The molecule has 1 aromatic heterocycles. The molecule has 0 aliphatic heterocycles. The zero-order valence-corrected chi connectivity index (χ0v) is 15.2. The quantitative estimate of drug-likeness (QED) is 0.410. The number of benzene rings is 2. The van der Waals surface area contributed by atoms with Crippen LogP contribution in [0.4, 0.5) is 0 Å². The second-order valence-corrected chi connectivity index (χ2v) is 6.82. The summed E-state index contributed by atoms with van der Waals surface area (Å²) < 4.78 is 1.52. The minimum absolute atomic E-state index is 0.364. The van der Waals surface area contributed by atoms with Gasteiger partial charge in [-0.25, -0.2) is 10.2 Å². The summed E-state index contributed by atoms with van der Waals surface area (Å²) in [6.07, 6.45) is 2.56. The molecular weight excluding hydrogens is 352 g/mol. The topological polar surface area (TPSA) is 80.0 Å². The molecule has 1 heterocycles. The number of hydrogen-bond donors (Lipinski definition) is 2. The van der Waals surface area contributed by atoms with Gasteiger partial charge in [-0.15, -0.1) is 5.10 Å². The van der Waals surface area contributed by atoms with Gasteiger partial charge in [0, 0.05) is 17.9 Å². The molecule has 2 aromatic carbocycles. The third-order valence-corrected chi connectivity index (χ3v) is 4.69. The monoisotopic (exact) mass is 372 g/mol. The number of hydrogen-bond acceptors (Lipinski definition) is 4. The number of rotatable bonds is 5. The third kappa shape index (κ3) is 3.95. The molecule has 1 saturated carbocycles. The van der Waals surface area contributed by atoms with Crippen molar-refractivity contribution >= 4 is 5.91 Å². The second kappa shape index (κ2) is 8.07. The summed E-state index contributed by atoms with van der Waals surface area (Å²) in [6.45, 7) is 0. The first-order valence-electron chi connectivity index (χ1n) is 9.26. The molecule has 1 aliphatic rings. The first kappa shape index (κ1) is 18.0. The first-order valence-corrected chi connectivity index (χ1v) is 9.26. The van der Waals surface area contributed by atoms with Crippen LogP contribution in [0.15, 0.2) is 60.7 Å². The maximum absolute atomic E-state index is 12.5. The van der Waals surface area contributed by atoms with E-state index in [1.54, 1.807) is 5.48 Å². The highest BCUT2D eigenvalue weighted by molar-refractivity contribution is 5.80. The van der Waals surface area contributed by atoms with Crippen LogP contribution in [0.1, 0.15) is 30.1 Å². The van der Waals surface area contributed by atoms with Crippen LogP contribution in [0, 0.1) is 17.8 Å². The molecule has 1 fully saturated rings. The molecule has 1 aliphatic carbocycles. The van der Waals surface area contributed by atoms with E-state index in [9.17, 15) is 10.0 Å². The summed E-state index contributed by atoms with van der Waals surface area (Å²) in [5, 5.41) is 17.9. The van der Waals surface area contributed by atoms with Crippen molar-refractivity contribution in [2.45, 2.75) is 25.3 Å². The van der Waals surface area contributed by atoms with Crippen molar-refractivity contribution in [2.24, 2.45) is 5.92 Å². The molecular formula is C22H20N4O2. The fourth-order valence-corrected chi connectivity index (χ4v) is 3.02. The second-order valence-electron chi connectivity index (χ2n) is 6.82. The van der Waals surface area contributed by atoms with Gasteiger partial charge in [0.05, 0.1) is 0 Å². The zero-order valence-electron chi connectivity index (χ0n) is 15.2. The predicted molar refractivity (Wildman–Crippen MR) is 104 cm³/mol. The molecule has 0 spiro atoms. The van der Waals surface area contributed by atoms with Gasteiger partial charge < -0.3 is 0 Å². The fraction of sp³-hybridized carbons (Fsp3) is 0.227. The largest absolute Gasteiger partial charge is 0.289 e. The summed E-state index contributed by atoms with van der Waals surface area (Å²) in [5.74, 6) is 6.28. The van der Waals surface area contributed by atoms with E-state index in [1.165, 1.54) is 4.68 Å². The highest BCUT2D eigenvalue weighted by Crippen LogP contribution is 2.29. The molecule has 3 aromatic rings. The molecule has 1 amide bonds. The van der Waals surface area contributed by atoms with E-state index in [4.69, 9.17) is 0 Å². The van der Waals surface area contributed by atoms with E-state index in [1.807, 2.05) is 60.7 Å². The highest BCUT2D eigenvalue weighted by Gasteiger charge is 2.27. The Labute approximate surface area is 163 Å². The molecule has 2 N–H and O–H groups in total. The molecule has 0 bridgehead atoms. The van der Waals surface area contributed by atoms with Gasteiger partial charge in [0.1, 0.15) is 17.4 Å². The lowest BCUT2D eigenvalue weighted by Crippen LogP contribution is -2.33. The maximum Gasteiger partial charge on any atom is 0.268 e. The molecule has 0 unspecified atom stereocenters. The molecule has 4 rings (SSSR count). The molecule has 28 heavy (non-hydrogen) atoms. The minimum atomic E-state index is -0.763. The van der Waals surface area contributed by atoms with Crippen LogP contribution in [-0.2, 0) is 11.2 Å². The van der Waals surface area contributed by atoms with E-state index in [2.05, 4.69) is 22.2 Å². The predicted octanol–water partition coefficient (Wildman–Crippen LogP) is 3.00. The Bertz CT molecular complexity index is 1010. The molecule has 1 atom stereocenters. The van der Waals surface area contributed by atoms with Gasteiger partial charge in [0.2, 0.25) is 0 Å². The number of nitrogens with one attached hydrogen (secondary N) is 1. The molecule has 0 radical (unpaired) electrons. The van der Waals surface area contributed by atoms with Gasteiger partial charge in [-0.05, 0) is 24.3 Å². The Balaban J connectivity index is 1.78. The lowest BCUT2D eigenvalue weighted by molar-refractivity contribution is -0.133. The summed E-state index contributed by atoms with van der Waals surface area (Å²) in [7, 11) is 0. The number of carbonyl (C=O) groups is 1. The third-order valence-electron chi connectivity index (χ3n) is 4.69. The van der Waals surface area contributed by atoms with Crippen molar-refractivity contribution in [3.05, 3.63) is 71.9 Å². The highest BCUT2D eigenvalue weighted by atomic mass is 16.5. The molecule has 140 valence electrons. The number of aromatic nitrogens is 3. The van der Waals surface area contributed by atoms with Crippen molar-refractivity contribution in [3.8, 4) is 23.1 Å². The zero-order chi connectivity index (χ0) is 19.3. The normalized spacial score (nSPS) is 14.0. The summed E-state index contributed by atoms with van der Waals surface area (Å²) >= 11 is 0. The lowest BCUT2D eigenvalue weighted by atomic mass is 10.0. The maximum atomic E-state index is 12.5. The Hall–Kier alpha value is -3.43. The smallest absolute Gasteiger partial charge is 0.268 e. The van der Waals surface area contributed by atoms with E-state index in [0.717, 1.165) is 24.0 Å². The van der Waals surface area contributed by atoms with Gasteiger partial charge in [-0.1, -0.05) is 71.8 Å². The standard InChI is InChI=1S/C22H20N4O2/c27-22(24-28)20(15-17-7-3-1-4-8-17)26-19(14-13-16-11-12-16)21(23-25-26)18-9-5-2-6-10-18/h1-10,16,20,28H,11-12,15H2,(H,24,27)/t20-/m1/s1. The number of carbonyl (C=O) groups excluding carboxylic acids is 1. The van der Waals surface area contributed by atoms with Gasteiger partial charge >= 0.3 is 0 Å². The van der Waals surface area contributed by atoms with Crippen LogP contribution in [0.3, 0.4) is 0 Å². The van der Waals surface area contributed by atoms with E-state index in [0.29, 0.717) is 23.7 Å². The van der Waals surface area contributed by atoms with Gasteiger partial charge in [-0.2, -0.15) is 0 Å². The van der Waals surface area contributed by atoms with Gasteiger partial charge in [-0.3, -0.25) is 10.0 Å². The molecule has 6 nitrogen and oxygen atoms in total. The van der Waals surface area contributed by atoms with Crippen molar-refractivity contribution in [1.29, 1.82) is 0 Å². The van der Waals surface area contributed by atoms with Crippen LogP contribution in [0.5, 0.6) is 0 Å². The number of hydroxylamine groups is 1. The summed E-state index contributed by atoms with van der Waals surface area (Å²) in [6, 6.07) is 18.5. The van der Waals surface area contributed by atoms with E-state index >= 15 is 0 Å². The Morgan fingerprint density at radius 3 is 2.46 bits per heavy atom. The van der Waals surface area contributed by atoms with Crippen molar-refractivity contribution < 1.29 is 10.0 Å². The van der Waals surface area contributed by atoms with E-state index in [-0.39, 0.29) is 0 Å². The number of amides is 1. The Morgan fingerprint density at radius 1 is 1.14 bits per heavy atom. The van der Waals surface area contributed by atoms with Crippen LogP contribution in [0.2, 0.25) is 0 Å². The van der Waals surface area contributed by atoms with Crippen LogP contribution in [-0.4, -0.2) is 26.1 Å². The fourth-order valence-electron chi connectivity index (χ4n) is 3.02. The Kier molecular flexibility index (Phi) is 5.18.